The van der Waals surface area contributed by atoms with Crippen LogP contribution in [0.15, 0.2) is 36.5 Å². The summed E-state index contributed by atoms with van der Waals surface area (Å²) in [5.74, 6) is 0. The Labute approximate surface area is 101 Å². The zero-order valence-electron chi connectivity index (χ0n) is 9.07. The van der Waals surface area contributed by atoms with Gasteiger partial charge in [-0.05, 0) is 30.3 Å². The molecule has 0 aliphatic heterocycles. The molecule has 0 unspecified atom stereocenters. The summed E-state index contributed by atoms with van der Waals surface area (Å²) < 4.78 is 39.5. The third kappa shape index (κ3) is 2.02. The smallest absolute Gasteiger partial charge is 0.398 e. The zero-order chi connectivity index (χ0) is 13.3. The normalized spacial score (nSPS) is 11.2. The molecule has 0 fully saturated rings. The number of anilines is 1. The van der Waals surface area contributed by atoms with Crippen molar-refractivity contribution in [1.82, 2.24) is 4.57 Å². The van der Waals surface area contributed by atoms with Crippen LogP contribution >= 0.6 is 0 Å². The van der Waals surface area contributed by atoms with E-state index in [1.165, 1.54) is 29.0 Å². The number of hydrogen-bond acceptors (Lipinski definition) is 2. The molecule has 2 aromatic rings. The molecule has 0 atom stereocenters. The van der Waals surface area contributed by atoms with Gasteiger partial charge in [-0.15, -0.1) is 0 Å². The maximum Gasteiger partial charge on any atom is 0.418 e. The second kappa shape index (κ2) is 4.11. The van der Waals surface area contributed by atoms with E-state index in [-0.39, 0.29) is 17.1 Å². The highest BCUT2D eigenvalue weighted by atomic mass is 19.4. The summed E-state index contributed by atoms with van der Waals surface area (Å²) in [5, 5.41) is 8.83. The fourth-order valence-corrected chi connectivity index (χ4v) is 1.64. The first-order valence-electron chi connectivity index (χ1n) is 4.98. The molecule has 92 valence electrons. The maximum absolute atomic E-state index is 12.7. The minimum Gasteiger partial charge on any atom is -0.398 e. The lowest BCUT2D eigenvalue weighted by atomic mass is 10.1. The second-order valence-corrected chi connectivity index (χ2v) is 3.64. The number of nitrogen functional groups attached to an aromatic ring is 1. The van der Waals surface area contributed by atoms with Gasteiger partial charge in [0.15, 0.2) is 0 Å². The second-order valence-electron chi connectivity index (χ2n) is 3.64. The van der Waals surface area contributed by atoms with Gasteiger partial charge in [0.05, 0.1) is 5.56 Å². The van der Waals surface area contributed by atoms with Crippen LogP contribution < -0.4 is 5.73 Å². The van der Waals surface area contributed by atoms with Crippen LogP contribution in [0.5, 0.6) is 0 Å². The lowest BCUT2D eigenvalue weighted by Gasteiger charge is -2.12. The highest BCUT2D eigenvalue weighted by Crippen LogP contribution is 2.34. The number of nitrogens with two attached hydrogens (primary N) is 1. The summed E-state index contributed by atoms with van der Waals surface area (Å²) in [6.07, 6.45) is -3.00. The lowest BCUT2D eigenvalue weighted by molar-refractivity contribution is -0.136. The van der Waals surface area contributed by atoms with E-state index in [4.69, 9.17) is 11.0 Å². The van der Waals surface area contributed by atoms with Gasteiger partial charge in [-0.2, -0.15) is 18.4 Å². The van der Waals surface area contributed by atoms with Crippen LogP contribution in [0.3, 0.4) is 0 Å². The van der Waals surface area contributed by atoms with E-state index >= 15 is 0 Å². The van der Waals surface area contributed by atoms with Crippen molar-refractivity contribution in [1.29, 1.82) is 5.26 Å². The summed E-state index contributed by atoms with van der Waals surface area (Å²) in [4.78, 5) is 0. The molecule has 0 aliphatic carbocycles. The molecule has 1 aromatic carbocycles. The van der Waals surface area contributed by atoms with Crippen molar-refractivity contribution in [2.75, 3.05) is 5.73 Å². The number of alkyl halides is 3. The van der Waals surface area contributed by atoms with E-state index in [1.807, 2.05) is 6.07 Å². The van der Waals surface area contributed by atoms with E-state index in [9.17, 15) is 13.2 Å². The standard InChI is InChI=1S/C12H8F3N3/c13-12(14,15)10-6-8(3-4-11(10)17)18-5-1-2-9(18)7-16/h1-6H,17H2. The van der Waals surface area contributed by atoms with Gasteiger partial charge in [0.2, 0.25) is 0 Å². The SMILES string of the molecule is N#Cc1cccn1-c1ccc(N)c(C(F)(F)F)c1. The molecule has 2 rings (SSSR count). The number of nitriles is 1. The minimum atomic E-state index is -4.51. The predicted octanol–water partition coefficient (Wildman–Crippen LogP) is 2.95. The zero-order valence-corrected chi connectivity index (χ0v) is 9.07. The van der Waals surface area contributed by atoms with Crippen LogP contribution in [0.4, 0.5) is 18.9 Å². The molecule has 6 heteroatoms. The molecule has 3 nitrogen and oxygen atoms in total. The van der Waals surface area contributed by atoms with Gasteiger partial charge in [-0.25, -0.2) is 0 Å². The Balaban J connectivity index is 2.59. The largest absolute Gasteiger partial charge is 0.418 e. The molecule has 2 N–H and O–H groups in total. The Kier molecular flexibility index (Phi) is 2.75. The molecule has 0 spiro atoms. The number of rotatable bonds is 1. The van der Waals surface area contributed by atoms with Gasteiger partial charge >= 0.3 is 6.18 Å². The van der Waals surface area contributed by atoms with E-state index in [0.717, 1.165) is 6.07 Å². The van der Waals surface area contributed by atoms with Crippen molar-refractivity contribution in [2.24, 2.45) is 0 Å². The summed E-state index contributed by atoms with van der Waals surface area (Å²) in [7, 11) is 0. The van der Waals surface area contributed by atoms with Gasteiger partial charge < -0.3 is 10.3 Å². The lowest BCUT2D eigenvalue weighted by Crippen LogP contribution is -2.10. The van der Waals surface area contributed by atoms with Crippen molar-refractivity contribution in [3.05, 3.63) is 47.8 Å². The quantitative estimate of drug-likeness (QED) is 0.792. The number of benzene rings is 1. The third-order valence-corrected chi connectivity index (χ3v) is 2.48. The predicted molar refractivity (Wildman–Crippen MR) is 59.9 cm³/mol. The van der Waals surface area contributed by atoms with Crippen molar-refractivity contribution in [2.45, 2.75) is 6.18 Å². The molecule has 0 aliphatic rings. The molecule has 0 radical (unpaired) electrons. The van der Waals surface area contributed by atoms with Gasteiger partial charge in [-0.1, -0.05) is 0 Å². The van der Waals surface area contributed by atoms with Crippen molar-refractivity contribution < 1.29 is 13.2 Å². The van der Waals surface area contributed by atoms with Gasteiger partial charge in [0, 0.05) is 17.6 Å². The average molecular weight is 251 g/mol. The fraction of sp³-hybridized carbons (Fsp3) is 0.0833. The van der Waals surface area contributed by atoms with Crippen LogP contribution in [0.2, 0.25) is 0 Å². The third-order valence-electron chi connectivity index (χ3n) is 2.48. The van der Waals surface area contributed by atoms with E-state index < -0.39 is 11.7 Å². The van der Waals surface area contributed by atoms with Crippen LogP contribution in [0, 0.1) is 11.3 Å². The Morgan fingerprint density at radius 3 is 2.56 bits per heavy atom. The van der Waals surface area contributed by atoms with Crippen molar-refractivity contribution in [3.8, 4) is 11.8 Å². The fourth-order valence-electron chi connectivity index (χ4n) is 1.64. The monoisotopic (exact) mass is 251 g/mol. The Bertz CT molecular complexity index is 620. The number of hydrogen-bond donors (Lipinski definition) is 1. The molecule has 0 saturated heterocycles. The van der Waals surface area contributed by atoms with Crippen molar-refractivity contribution >= 4 is 5.69 Å². The summed E-state index contributed by atoms with van der Waals surface area (Å²) in [6.45, 7) is 0. The Morgan fingerprint density at radius 2 is 1.94 bits per heavy atom. The molecule has 0 amide bonds. The van der Waals surface area contributed by atoms with Crippen LogP contribution in [-0.2, 0) is 6.18 Å². The van der Waals surface area contributed by atoms with Crippen LogP contribution in [0.25, 0.3) is 5.69 Å². The summed E-state index contributed by atoms with van der Waals surface area (Å²) >= 11 is 0. The first-order valence-corrected chi connectivity index (χ1v) is 4.98. The number of halogens is 3. The molecule has 18 heavy (non-hydrogen) atoms. The molecular weight excluding hydrogens is 243 g/mol. The Morgan fingerprint density at radius 1 is 1.22 bits per heavy atom. The van der Waals surface area contributed by atoms with Gasteiger partial charge in [-0.3, -0.25) is 0 Å². The van der Waals surface area contributed by atoms with E-state index in [2.05, 4.69) is 0 Å². The number of aromatic nitrogens is 1. The molecule has 0 bridgehead atoms. The topological polar surface area (TPSA) is 54.7 Å². The Hall–Kier alpha value is -2.42. The van der Waals surface area contributed by atoms with E-state index in [1.54, 1.807) is 6.07 Å². The van der Waals surface area contributed by atoms with E-state index in [0.29, 0.717) is 0 Å². The van der Waals surface area contributed by atoms with Crippen molar-refractivity contribution in [3.63, 3.8) is 0 Å². The number of nitrogens with zero attached hydrogens (tertiary/aromatic N) is 2. The first-order chi connectivity index (χ1) is 8.43. The maximum atomic E-state index is 12.7. The highest BCUT2D eigenvalue weighted by Gasteiger charge is 2.33. The van der Waals surface area contributed by atoms with Gasteiger partial charge in [0.1, 0.15) is 11.8 Å². The van der Waals surface area contributed by atoms with Crippen LogP contribution in [-0.4, -0.2) is 4.57 Å². The average Bonchev–Trinajstić information content (AvgIpc) is 2.76. The van der Waals surface area contributed by atoms with Gasteiger partial charge in [0.25, 0.3) is 0 Å². The molecule has 0 saturated carbocycles. The molecule has 1 aromatic heterocycles. The highest BCUT2D eigenvalue weighted by molar-refractivity contribution is 5.55. The summed E-state index contributed by atoms with van der Waals surface area (Å²) in [5.41, 5.74) is 4.57. The first kappa shape index (κ1) is 12.0. The van der Waals surface area contributed by atoms with Crippen LogP contribution in [0.1, 0.15) is 11.3 Å². The summed E-state index contributed by atoms with van der Waals surface area (Å²) in [6, 6.07) is 8.54. The molecule has 1 heterocycles. The molecular formula is C12H8F3N3. The minimum absolute atomic E-state index is 0.248.